The molecule has 4 unspecified atom stereocenters. The van der Waals surface area contributed by atoms with E-state index in [0.29, 0.717) is 44.0 Å². The molecule has 3 aliphatic heterocycles. The summed E-state index contributed by atoms with van der Waals surface area (Å²) in [5.74, 6) is 0. The van der Waals surface area contributed by atoms with E-state index in [2.05, 4.69) is 5.32 Å². The molecule has 166 valence electrons. The van der Waals surface area contributed by atoms with Gasteiger partial charge >= 0.3 is 6.09 Å². The van der Waals surface area contributed by atoms with Gasteiger partial charge in [0.2, 0.25) is 0 Å². The lowest BCUT2D eigenvalue weighted by atomic mass is 9.72. The molecular weight excluding hydrogens is 416 g/mol. The van der Waals surface area contributed by atoms with Gasteiger partial charge in [0.15, 0.2) is 9.84 Å². The highest BCUT2D eigenvalue weighted by Crippen LogP contribution is 2.56. The average Bonchev–Trinajstić information content (AvgIpc) is 3.03. The highest BCUT2D eigenvalue weighted by atomic mass is 32.2. The number of piperidine rings is 2. The van der Waals surface area contributed by atoms with Crippen molar-refractivity contribution in [2.75, 3.05) is 13.1 Å². The number of carboxylic acid groups (broad SMARTS) is 1. The van der Waals surface area contributed by atoms with E-state index in [9.17, 15) is 23.4 Å². The molecule has 31 heavy (non-hydrogen) atoms. The minimum absolute atomic E-state index is 0.154. The molecule has 3 aliphatic rings. The van der Waals surface area contributed by atoms with Crippen LogP contribution in [0.5, 0.6) is 0 Å². The van der Waals surface area contributed by atoms with Crippen LogP contribution in [0, 0.1) is 0 Å². The molecule has 4 atom stereocenters. The van der Waals surface area contributed by atoms with E-state index in [4.69, 9.17) is 0 Å². The van der Waals surface area contributed by atoms with Gasteiger partial charge in [-0.3, -0.25) is 4.90 Å². The zero-order chi connectivity index (χ0) is 21.9. The van der Waals surface area contributed by atoms with Crippen molar-refractivity contribution in [1.82, 2.24) is 10.2 Å². The second kappa shape index (κ2) is 7.18. The second-order valence-electron chi connectivity index (χ2n) is 9.23. The molecule has 0 saturated carbocycles. The smallest absolute Gasteiger partial charge is 0.408 e. The summed E-state index contributed by atoms with van der Waals surface area (Å²) in [4.78, 5) is 14.1. The van der Waals surface area contributed by atoms with Crippen molar-refractivity contribution in [3.63, 3.8) is 0 Å². The fraction of sp³-hybridized carbons (Fsp3) is 0.522. The van der Waals surface area contributed by atoms with E-state index in [1.807, 2.05) is 30.3 Å². The fourth-order valence-corrected chi connectivity index (χ4v) is 9.23. The normalized spacial score (nSPS) is 33.5. The Morgan fingerprint density at radius 1 is 1.13 bits per heavy atom. The number of sulfone groups is 1. The van der Waals surface area contributed by atoms with Crippen molar-refractivity contribution in [2.24, 2.45) is 0 Å². The van der Waals surface area contributed by atoms with Gasteiger partial charge in [-0.1, -0.05) is 36.4 Å². The lowest BCUT2D eigenvalue weighted by Gasteiger charge is -2.56. The Morgan fingerprint density at radius 2 is 1.90 bits per heavy atom. The molecule has 3 fully saturated rings. The molecule has 3 N–H and O–H groups in total. The predicted molar refractivity (Wildman–Crippen MR) is 117 cm³/mol. The van der Waals surface area contributed by atoms with E-state index in [-0.39, 0.29) is 23.9 Å². The number of rotatable bonds is 3. The lowest BCUT2D eigenvalue weighted by molar-refractivity contribution is -0.0328. The van der Waals surface area contributed by atoms with Gasteiger partial charge in [-0.15, -0.1) is 0 Å². The summed E-state index contributed by atoms with van der Waals surface area (Å²) in [5.41, 5.74) is -1.15. The maximum Gasteiger partial charge on any atom is 0.408 e. The minimum Gasteiger partial charge on any atom is -0.465 e. The molecule has 3 saturated heterocycles. The number of aliphatic hydroxyl groups excluding tert-OH is 1. The van der Waals surface area contributed by atoms with E-state index < -0.39 is 32.3 Å². The van der Waals surface area contributed by atoms with Gasteiger partial charge in [0.1, 0.15) is 4.75 Å². The summed E-state index contributed by atoms with van der Waals surface area (Å²) in [6.07, 6.45) is 0.766. The van der Waals surface area contributed by atoms with Crippen LogP contribution in [0.3, 0.4) is 0 Å². The van der Waals surface area contributed by atoms with Gasteiger partial charge in [0.25, 0.3) is 0 Å². The Hall–Kier alpha value is -2.16. The fourth-order valence-electron chi connectivity index (χ4n) is 6.58. The summed E-state index contributed by atoms with van der Waals surface area (Å²) in [7, 11) is -3.96. The first kappa shape index (κ1) is 20.7. The van der Waals surface area contributed by atoms with Gasteiger partial charge in [0.05, 0.1) is 16.5 Å². The van der Waals surface area contributed by atoms with Crippen molar-refractivity contribution >= 4 is 26.7 Å². The number of hydrogen-bond acceptors (Lipinski definition) is 5. The third-order valence-corrected chi connectivity index (χ3v) is 10.5. The number of aliphatic hydroxyl groups is 1. The van der Waals surface area contributed by atoms with E-state index >= 15 is 0 Å². The molecular formula is C23H28N2O5S. The number of fused-ring (bicyclic) bond motifs is 3. The van der Waals surface area contributed by atoms with Crippen molar-refractivity contribution < 1.29 is 23.4 Å². The molecule has 0 aromatic heterocycles. The number of carbonyl (C=O) groups is 1. The summed E-state index contributed by atoms with van der Waals surface area (Å²) < 4.78 is 27.7. The van der Waals surface area contributed by atoms with Crippen molar-refractivity contribution in [1.29, 1.82) is 0 Å². The van der Waals surface area contributed by atoms with Crippen LogP contribution >= 0.6 is 0 Å². The van der Waals surface area contributed by atoms with Crippen molar-refractivity contribution in [2.45, 2.75) is 65.9 Å². The number of hydrogen-bond donors (Lipinski definition) is 3. The number of benzene rings is 2. The third-order valence-electron chi connectivity index (χ3n) is 7.79. The van der Waals surface area contributed by atoms with Crippen LogP contribution in [-0.2, 0) is 9.84 Å². The summed E-state index contributed by atoms with van der Waals surface area (Å²) >= 11 is 0. The van der Waals surface area contributed by atoms with E-state index in [1.165, 1.54) is 4.90 Å². The zero-order valence-electron chi connectivity index (χ0n) is 17.3. The van der Waals surface area contributed by atoms with Crippen LogP contribution in [0.1, 0.15) is 38.5 Å². The largest absolute Gasteiger partial charge is 0.465 e. The second-order valence-corrected chi connectivity index (χ2v) is 11.5. The van der Waals surface area contributed by atoms with Gasteiger partial charge in [-0.25, -0.2) is 13.2 Å². The highest BCUT2D eigenvalue weighted by Gasteiger charge is 2.69. The van der Waals surface area contributed by atoms with Crippen LogP contribution in [0.2, 0.25) is 0 Å². The molecule has 0 aliphatic carbocycles. The highest BCUT2D eigenvalue weighted by molar-refractivity contribution is 7.93. The Balaban J connectivity index is 1.77. The van der Waals surface area contributed by atoms with Crippen LogP contribution in [0.25, 0.3) is 10.8 Å². The predicted octanol–water partition coefficient (Wildman–Crippen LogP) is 2.77. The van der Waals surface area contributed by atoms with Gasteiger partial charge in [0, 0.05) is 18.0 Å². The first-order valence-electron chi connectivity index (χ1n) is 11.0. The zero-order valence-corrected chi connectivity index (χ0v) is 18.1. The molecule has 8 heteroatoms. The monoisotopic (exact) mass is 444 g/mol. The standard InChI is InChI=1S/C23H28N2O5S/c26-18-13-17-9-11-22(14-18,25(17)21(27)28)23(10-4-12-24-15-23)31(29,30)20-8-3-6-16-5-1-2-7-19(16)20/h1-3,5-8,17-18,24,26H,4,9-15H2,(H,27,28). The first-order chi connectivity index (χ1) is 14.8. The molecule has 7 nitrogen and oxygen atoms in total. The topological polar surface area (TPSA) is 107 Å². The molecule has 0 radical (unpaired) electrons. The van der Waals surface area contributed by atoms with Crippen molar-refractivity contribution in [3.05, 3.63) is 42.5 Å². The summed E-state index contributed by atoms with van der Waals surface area (Å²) in [5, 5.41) is 25.6. The number of amides is 1. The molecule has 0 spiro atoms. The van der Waals surface area contributed by atoms with Crippen LogP contribution in [-0.4, -0.2) is 65.1 Å². The molecule has 3 heterocycles. The lowest BCUT2D eigenvalue weighted by Crippen LogP contribution is -2.73. The Kier molecular flexibility index (Phi) is 4.80. The molecule has 1 amide bonds. The van der Waals surface area contributed by atoms with Crippen molar-refractivity contribution in [3.8, 4) is 0 Å². The minimum atomic E-state index is -3.96. The first-order valence-corrected chi connectivity index (χ1v) is 12.4. The number of nitrogens with zero attached hydrogens (tertiary/aromatic N) is 1. The average molecular weight is 445 g/mol. The van der Waals surface area contributed by atoms with Crippen LogP contribution < -0.4 is 5.32 Å². The maximum atomic E-state index is 14.5. The van der Waals surface area contributed by atoms with Crippen LogP contribution in [0.15, 0.2) is 47.4 Å². The van der Waals surface area contributed by atoms with Gasteiger partial charge < -0.3 is 15.5 Å². The van der Waals surface area contributed by atoms with E-state index in [1.54, 1.807) is 12.1 Å². The van der Waals surface area contributed by atoms with Crippen LogP contribution in [0.4, 0.5) is 4.79 Å². The molecule has 2 aromatic rings. The van der Waals surface area contributed by atoms with E-state index in [0.717, 1.165) is 5.39 Å². The SMILES string of the molecule is O=C(O)N1C2CCC1(C1(S(=O)(=O)c3cccc4ccccc34)CCCNC1)CC(O)C2. The Labute approximate surface area is 182 Å². The summed E-state index contributed by atoms with van der Waals surface area (Å²) in [6, 6.07) is 12.3. The Bertz CT molecular complexity index is 1120. The molecule has 5 rings (SSSR count). The number of nitrogens with one attached hydrogen (secondary N) is 1. The quantitative estimate of drug-likeness (QED) is 0.672. The summed E-state index contributed by atoms with van der Waals surface area (Å²) in [6.45, 7) is 0.879. The van der Waals surface area contributed by atoms with Gasteiger partial charge in [-0.2, -0.15) is 0 Å². The Morgan fingerprint density at radius 3 is 2.65 bits per heavy atom. The maximum absolute atomic E-state index is 14.5. The third kappa shape index (κ3) is 2.78. The molecule has 2 bridgehead atoms. The molecule has 2 aromatic carbocycles. The van der Waals surface area contributed by atoms with Gasteiger partial charge in [-0.05, 0) is 56.5 Å².